The van der Waals surface area contributed by atoms with E-state index >= 15 is 0 Å². The third kappa shape index (κ3) is 3.74. The Hall–Kier alpha value is -2.12. The number of hydrogen-bond acceptors (Lipinski definition) is 5. The van der Waals surface area contributed by atoms with Crippen molar-refractivity contribution in [3.05, 3.63) is 20.8 Å². The summed E-state index contributed by atoms with van der Waals surface area (Å²) in [6.45, 7) is 5.25. The Morgan fingerprint density at radius 3 is 2.47 bits per heavy atom. The fourth-order valence-electron chi connectivity index (χ4n) is 1.13. The molecule has 1 atom stereocenters. The highest BCUT2D eigenvalue weighted by molar-refractivity contribution is 5.83. The third-order valence-corrected chi connectivity index (χ3v) is 1.89. The van der Waals surface area contributed by atoms with Crippen LogP contribution in [0.1, 0.15) is 20.8 Å². The quantitative estimate of drug-likeness (QED) is 0.527. The first-order valence-corrected chi connectivity index (χ1v) is 5.16. The van der Waals surface area contributed by atoms with E-state index in [0.717, 1.165) is 0 Å². The number of aromatic nitrogens is 3. The number of nitrogens with one attached hydrogen (secondary N) is 4. The van der Waals surface area contributed by atoms with E-state index in [-0.39, 0.29) is 17.8 Å². The summed E-state index contributed by atoms with van der Waals surface area (Å²) in [5.41, 5.74) is -1.36. The molecular weight excluding hydrogens is 226 g/mol. The molecule has 8 nitrogen and oxygen atoms in total. The first-order chi connectivity index (χ1) is 7.90. The molecule has 0 aromatic carbocycles. The van der Waals surface area contributed by atoms with Crippen LogP contribution in [0.2, 0.25) is 0 Å². The molecule has 1 unspecified atom stereocenters. The van der Waals surface area contributed by atoms with Crippen LogP contribution in [0, 0.1) is 0 Å². The maximum atomic E-state index is 11.6. The maximum Gasteiger partial charge on any atom is 0.342 e. The average molecular weight is 241 g/mol. The first kappa shape index (κ1) is 12.9. The Balaban J connectivity index is 2.74. The number of hydrogen-bond donors (Lipinski definition) is 4. The lowest BCUT2D eigenvalue weighted by atomic mass is 10.3. The smallest absolute Gasteiger partial charge is 0.342 e. The SMILES string of the molecule is CC(C)NC(=O)C(C)Nc1n[nH]c(=O)[nH]c1=O. The van der Waals surface area contributed by atoms with Gasteiger partial charge < -0.3 is 10.6 Å². The van der Waals surface area contributed by atoms with Crippen LogP contribution in [0.3, 0.4) is 0 Å². The van der Waals surface area contributed by atoms with Crippen molar-refractivity contribution in [3.63, 3.8) is 0 Å². The predicted octanol–water partition coefficient (Wildman–Crippen LogP) is -1.22. The molecular formula is C9H15N5O3. The van der Waals surface area contributed by atoms with Crippen LogP contribution in [0.15, 0.2) is 9.59 Å². The molecule has 0 aliphatic heterocycles. The molecule has 0 aliphatic rings. The summed E-state index contributed by atoms with van der Waals surface area (Å²) < 4.78 is 0. The van der Waals surface area contributed by atoms with Gasteiger partial charge in [-0.1, -0.05) is 0 Å². The summed E-state index contributed by atoms with van der Waals surface area (Å²) >= 11 is 0. The van der Waals surface area contributed by atoms with Crippen molar-refractivity contribution in [2.24, 2.45) is 0 Å². The second-order valence-corrected chi connectivity index (χ2v) is 3.88. The van der Waals surface area contributed by atoms with E-state index in [9.17, 15) is 14.4 Å². The summed E-state index contributed by atoms with van der Waals surface area (Å²) in [4.78, 5) is 35.6. The van der Waals surface area contributed by atoms with Crippen molar-refractivity contribution in [2.45, 2.75) is 32.9 Å². The number of carbonyl (C=O) groups is 1. The molecule has 1 amide bonds. The number of nitrogens with zero attached hydrogens (tertiary/aromatic N) is 1. The number of H-pyrrole nitrogens is 2. The van der Waals surface area contributed by atoms with Gasteiger partial charge in [-0.05, 0) is 20.8 Å². The van der Waals surface area contributed by atoms with Gasteiger partial charge in [0.05, 0.1) is 0 Å². The van der Waals surface area contributed by atoms with E-state index in [0.29, 0.717) is 0 Å². The molecule has 1 aromatic heterocycles. The molecule has 1 heterocycles. The number of anilines is 1. The Morgan fingerprint density at radius 2 is 1.94 bits per heavy atom. The molecule has 0 radical (unpaired) electrons. The van der Waals surface area contributed by atoms with Crippen LogP contribution < -0.4 is 21.9 Å². The first-order valence-electron chi connectivity index (χ1n) is 5.16. The summed E-state index contributed by atoms with van der Waals surface area (Å²) in [6.07, 6.45) is 0. The molecule has 17 heavy (non-hydrogen) atoms. The van der Waals surface area contributed by atoms with E-state index in [1.54, 1.807) is 6.92 Å². The molecule has 8 heteroatoms. The van der Waals surface area contributed by atoms with Crippen molar-refractivity contribution in [3.8, 4) is 0 Å². The molecule has 1 rings (SSSR count). The molecule has 0 spiro atoms. The highest BCUT2D eigenvalue weighted by Gasteiger charge is 2.15. The van der Waals surface area contributed by atoms with E-state index in [1.165, 1.54) is 0 Å². The second kappa shape index (κ2) is 5.28. The Kier molecular flexibility index (Phi) is 4.02. The average Bonchev–Trinajstić information content (AvgIpc) is 2.21. The Labute approximate surface area is 96.8 Å². The highest BCUT2D eigenvalue weighted by atomic mass is 16.2. The highest BCUT2D eigenvalue weighted by Crippen LogP contribution is 1.94. The zero-order valence-electron chi connectivity index (χ0n) is 9.83. The number of carbonyl (C=O) groups excluding carboxylic acids is 1. The van der Waals surface area contributed by atoms with Crippen molar-refractivity contribution in [2.75, 3.05) is 5.32 Å². The van der Waals surface area contributed by atoms with Crippen LogP contribution in [0.5, 0.6) is 0 Å². The summed E-state index contributed by atoms with van der Waals surface area (Å²) in [7, 11) is 0. The van der Waals surface area contributed by atoms with Crippen molar-refractivity contribution in [1.29, 1.82) is 0 Å². The Morgan fingerprint density at radius 1 is 1.29 bits per heavy atom. The summed E-state index contributed by atoms with van der Waals surface area (Å²) in [6, 6.07) is -0.620. The van der Waals surface area contributed by atoms with Gasteiger partial charge in [0.1, 0.15) is 6.04 Å². The zero-order valence-corrected chi connectivity index (χ0v) is 9.83. The zero-order chi connectivity index (χ0) is 13.0. The topological polar surface area (TPSA) is 120 Å². The third-order valence-electron chi connectivity index (χ3n) is 1.89. The number of rotatable bonds is 4. The van der Waals surface area contributed by atoms with Gasteiger partial charge in [-0.3, -0.25) is 14.6 Å². The van der Waals surface area contributed by atoms with E-state index < -0.39 is 17.3 Å². The van der Waals surface area contributed by atoms with E-state index in [2.05, 4.69) is 20.8 Å². The summed E-state index contributed by atoms with van der Waals surface area (Å²) in [5, 5.41) is 10.9. The number of aromatic amines is 2. The van der Waals surface area contributed by atoms with Crippen molar-refractivity contribution in [1.82, 2.24) is 20.5 Å². The summed E-state index contributed by atoms with van der Waals surface area (Å²) in [5.74, 6) is -0.358. The standard InChI is InChI=1S/C9H15N5O3/c1-4(2)10-7(15)5(3)11-6-8(16)12-9(17)14-13-6/h4-5H,1-3H3,(H,10,15)(H,11,13)(H2,12,14,16,17). The van der Waals surface area contributed by atoms with Crippen LogP contribution in [-0.2, 0) is 4.79 Å². The van der Waals surface area contributed by atoms with Gasteiger partial charge in [0, 0.05) is 6.04 Å². The van der Waals surface area contributed by atoms with Crippen LogP contribution >= 0.6 is 0 Å². The molecule has 4 N–H and O–H groups in total. The second-order valence-electron chi connectivity index (χ2n) is 3.88. The predicted molar refractivity (Wildman–Crippen MR) is 61.8 cm³/mol. The van der Waals surface area contributed by atoms with Gasteiger partial charge in [0.25, 0.3) is 5.56 Å². The minimum atomic E-state index is -0.695. The van der Waals surface area contributed by atoms with Gasteiger partial charge in [-0.2, -0.15) is 0 Å². The van der Waals surface area contributed by atoms with E-state index in [1.807, 2.05) is 18.8 Å². The van der Waals surface area contributed by atoms with Gasteiger partial charge in [0.15, 0.2) is 0 Å². The molecule has 0 bridgehead atoms. The van der Waals surface area contributed by atoms with Crippen molar-refractivity contribution < 1.29 is 4.79 Å². The number of amides is 1. The lowest BCUT2D eigenvalue weighted by molar-refractivity contribution is -0.122. The minimum Gasteiger partial charge on any atom is -0.353 e. The molecule has 1 aromatic rings. The van der Waals surface area contributed by atoms with Gasteiger partial charge in [0.2, 0.25) is 11.7 Å². The van der Waals surface area contributed by atoms with Crippen LogP contribution in [-0.4, -0.2) is 33.2 Å². The fraction of sp³-hybridized carbons (Fsp3) is 0.556. The van der Waals surface area contributed by atoms with Crippen LogP contribution in [0.25, 0.3) is 0 Å². The van der Waals surface area contributed by atoms with E-state index in [4.69, 9.17) is 0 Å². The van der Waals surface area contributed by atoms with Gasteiger partial charge >= 0.3 is 5.69 Å². The monoisotopic (exact) mass is 241 g/mol. The Bertz CT molecular complexity index is 504. The van der Waals surface area contributed by atoms with Gasteiger partial charge in [-0.15, -0.1) is 5.10 Å². The molecule has 0 fully saturated rings. The molecule has 94 valence electrons. The molecule has 0 aliphatic carbocycles. The van der Waals surface area contributed by atoms with Gasteiger partial charge in [-0.25, -0.2) is 9.89 Å². The van der Waals surface area contributed by atoms with Crippen LogP contribution in [0.4, 0.5) is 5.82 Å². The normalized spacial score (nSPS) is 12.2. The minimum absolute atomic E-state index is 0.00794. The molecule has 0 saturated heterocycles. The lowest BCUT2D eigenvalue weighted by Crippen LogP contribution is -2.42. The van der Waals surface area contributed by atoms with Crippen molar-refractivity contribution >= 4 is 11.7 Å². The molecule has 0 saturated carbocycles. The lowest BCUT2D eigenvalue weighted by Gasteiger charge is -2.15. The fourth-order valence-corrected chi connectivity index (χ4v) is 1.13. The maximum absolute atomic E-state index is 11.6. The largest absolute Gasteiger partial charge is 0.353 e.